The van der Waals surface area contributed by atoms with Gasteiger partial charge in [0.05, 0.1) is 13.0 Å². The third-order valence-corrected chi connectivity index (χ3v) is 5.22. The van der Waals surface area contributed by atoms with E-state index in [1.807, 2.05) is 0 Å². The molecule has 0 aromatic carbocycles. The van der Waals surface area contributed by atoms with Crippen molar-refractivity contribution < 1.29 is 14.3 Å². The molecule has 0 aliphatic heterocycles. The summed E-state index contributed by atoms with van der Waals surface area (Å²) in [6, 6.07) is 0. The lowest BCUT2D eigenvalue weighted by Gasteiger charge is -2.17. The van der Waals surface area contributed by atoms with Gasteiger partial charge in [-0.15, -0.1) is 0 Å². The van der Waals surface area contributed by atoms with E-state index >= 15 is 0 Å². The first-order valence-electron chi connectivity index (χ1n) is 12.0. The van der Waals surface area contributed by atoms with Gasteiger partial charge in [0.1, 0.15) is 0 Å². The Balaban J connectivity index is 3.38. The molecule has 0 saturated heterocycles. The van der Waals surface area contributed by atoms with Crippen molar-refractivity contribution in [3.63, 3.8) is 0 Å². The zero-order valence-electron chi connectivity index (χ0n) is 19.4. The third kappa shape index (κ3) is 19.9. The Kier molecular flexibility index (Phi) is 20.7. The summed E-state index contributed by atoms with van der Waals surface area (Å²) in [6.45, 7) is 10.7. The zero-order valence-corrected chi connectivity index (χ0v) is 19.4. The summed E-state index contributed by atoms with van der Waals surface area (Å²) in [4.78, 5) is 25.7. The molecule has 0 unspecified atom stereocenters. The minimum Gasteiger partial charge on any atom is -0.466 e. The number of esters is 1. The number of carbonyl (C=O) groups excluding carboxylic acids is 2. The molecule has 1 amide bonds. The van der Waals surface area contributed by atoms with Crippen LogP contribution < -0.4 is 10.9 Å². The largest absolute Gasteiger partial charge is 0.466 e. The lowest BCUT2D eigenvalue weighted by atomic mass is 10.1. The molecule has 172 valence electrons. The predicted octanol–water partition coefficient (Wildman–Crippen LogP) is 4.58. The molecule has 6 nitrogen and oxygen atoms in total. The molecule has 0 bridgehead atoms. The second-order valence-electron chi connectivity index (χ2n) is 7.76. The fourth-order valence-corrected chi connectivity index (χ4v) is 3.23. The van der Waals surface area contributed by atoms with Crippen molar-refractivity contribution in [3.8, 4) is 0 Å². The Bertz CT molecular complexity index is 388. The van der Waals surface area contributed by atoms with Gasteiger partial charge in [-0.05, 0) is 25.9 Å². The second kappa shape index (κ2) is 21.6. The Morgan fingerprint density at radius 3 is 1.93 bits per heavy atom. The van der Waals surface area contributed by atoms with E-state index in [1.54, 1.807) is 0 Å². The van der Waals surface area contributed by atoms with Gasteiger partial charge >= 0.3 is 5.97 Å². The molecule has 0 saturated carbocycles. The van der Waals surface area contributed by atoms with E-state index in [9.17, 15) is 9.59 Å². The van der Waals surface area contributed by atoms with Crippen LogP contribution in [0, 0.1) is 0 Å². The topological polar surface area (TPSA) is 70.7 Å². The number of amides is 1. The Hall–Kier alpha value is -1.14. The molecule has 0 spiro atoms. The minimum absolute atomic E-state index is 0.136. The highest BCUT2D eigenvalue weighted by atomic mass is 16.5. The van der Waals surface area contributed by atoms with Gasteiger partial charge in [0, 0.05) is 19.5 Å². The molecule has 0 radical (unpaired) electrons. The van der Waals surface area contributed by atoms with Gasteiger partial charge in [-0.3, -0.25) is 15.0 Å². The summed E-state index contributed by atoms with van der Waals surface area (Å²) in [6.07, 6.45) is 14.1. The number of unbranched alkanes of at least 4 members (excludes halogenated alkanes) is 9. The van der Waals surface area contributed by atoms with Crippen LogP contribution in [0.5, 0.6) is 0 Å². The molecule has 0 aliphatic rings. The summed E-state index contributed by atoms with van der Waals surface area (Å²) in [5.41, 5.74) is 5.62. The van der Waals surface area contributed by atoms with E-state index in [0.717, 1.165) is 39.0 Å². The van der Waals surface area contributed by atoms with Gasteiger partial charge in [-0.25, -0.2) is 5.43 Å². The number of carbonyl (C=O) groups is 2. The molecule has 0 aromatic heterocycles. The van der Waals surface area contributed by atoms with Crippen LogP contribution in [-0.4, -0.2) is 49.6 Å². The highest BCUT2D eigenvalue weighted by Crippen LogP contribution is 2.10. The monoisotopic (exact) mass is 413 g/mol. The number of rotatable bonds is 21. The van der Waals surface area contributed by atoms with Gasteiger partial charge in [0.2, 0.25) is 5.91 Å². The number of nitrogens with one attached hydrogen (secondary N) is 2. The molecule has 0 aliphatic carbocycles. The highest BCUT2D eigenvalue weighted by molar-refractivity contribution is 5.80. The lowest BCUT2D eigenvalue weighted by Crippen LogP contribution is -2.38. The first-order valence-corrected chi connectivity index (χ1v) is 12.0. The summed E-state index contributed by atoms with van der Waals surface area (Å²) in [5, 5.41) is 0. The molecular formula is C23H47N3O3. The first kappa shape index (κ1) is 27.9. The lowest BCUT2D eigenvalue weighted by molar-refractivity contribution is -0.145. The van der Waals surface area contributed by atoms with E-state index in [4.69, 9.17) is 4.74 Å². The Morgan fingerprint density at radius 2 is 1.34 bits per heavy atom. The molecule has 0 aromatic rings. The third-order valence-electron chi connectivity index (χ3n) is 5.22. The normalized spacial score (nSPS) is 11.0. The van der Waals surface area contributed by atoms with Crippen LogP contribution in [0.4, 0.5) is 0 Å². The Labute approximate surface area is 179 Å². The van der Waals surface area contributed by atoms with Gasteiger partial charge in [0.25, 0.3) is 0 Å². The molecule has 0 heterocycles. The van der Waals surface area contributed by atoms with Crippen molar-refractivity contribution in [3.05, 3.63) is 0 Å². The van der Waals surface area contributed by atoms with Crippen molar-refractivity contribution in [2.45, 2.75) is 104 Å². The number of hydrogen-bond acceptors (Lipinski definition) is 5. The van der Waals surface area contributed by atoms with Crippen LogP contribution in [0.3, 0.4) is 0 Å². The predicted molar refractivity (Wildman–Crippen MR) is 121 cm³/mol. The van der Waals surface area contributed by atoms with E-state index in [-0.39, 0.29) is 24.7 Å². The van der Waals surface area contributed by atoms with Crippen molar-refractivity contribution in [1.29, 1.82) is 0 Å². The first-order chi connectivity index (χ1) is 14.1. The quantitative estimate of drug-likeness (QED) is 0.164. The maximum absolute atomic E-state index is 11.7. The van der Waals surface area contributed by atoms with Gasteiger partial charge in [0.15, 0.2) is 0 Å². The molecule has 29 heavy (non-hydrogen) atoms. The maximum Gasteiger partial charge on any atom is 0.306 e. The van der Waals surface area contributed by atoms with E-state index in [2.05, 4.69) is 36.5 Å². The zero-order chi connectivity index (χ0) is 21.6. The van der Waals surface area contributed by atoms with Crippen LogP contribution in [-0.2, 0) is 14.3 Å². The molecule has 0 fully saturated rings. The van der Waals surface area contributed by atoms with Crippen LogP contribution in [0.1, 0.15) is 104 Å². The Morgan fingerprint density at radius 1 is 0.759 bits per heavy atom. The van der Waals surface area contributed by atoms with Crippen molar-refractivity contribution in [1.82, 2.24) is 15.8 Å². The van der Waals surface area contributed by atoms with Gasteiger partial charge in [-0.1, -0.05) is 78.6 Å². The SMILES string of the molecule is CCCCCCCCCCCCNNC(=O)CCC(=O)OCCCN(CC)CC. The van der Waals surface area contributed by atoms with E-state index < -0.39 is 0 Å². The van der Waals surface area contributed by atoms with E-state index in [1.165, 1.54) is 57.8 Å². The van der Waals surface area contributed by atoms with Gasteiger partial charge < -0.3 is 9.64 Å². The van der Waals surface area contributed by atoms with E-state index in [0.29, 0.717) is 6.61 Å². The van der Waals surface area contributed by atoms with Crippen LogP contribution >= 0.6 is 0 Å². The van der Waals surface area contributed by atoms with Crippen molar-refractivity contribution in [2.24, 2.45) is 0 Å². The molecule has 2 N–H and O–H groups in total. The summed E-state index contributed by atoms with van der Waals surface area (Å²) in [7, 11) is 0. The maximum atomic E-state index is 11.7. The molecule has 0 rings (SSSR count). The average Bonchev–Trinajstić information content (AvgIpc) is 2.73. The van der Waals surface area contributed by atoms with Crippen molar-refractivity contribution >= 4 is 11.9 Å². The number of hydrogen-bond donors (Lipinski definition) is 2. The minimum atomic E-state index is -0.297. The highest BCUT2D eigenvalue weighted by Gasteiger charge is 2.08. The van der Waals surface area contributed by atoms with Crippen molar-refractivity contribution in [2.75, 3.05) is 32.8 Å². The fraction of sp³-hybridized carbons (Fsp3) is 0.913. The summed E-state index contributed by atoms with van der Waals surface area (Å²) < 4.78 is 5.18. The summed E-state index contributed by atoms with van der Waals surface area (Å²) in [5.74, 6) is -0.452. The fourth-order valence-electron chi connectivity index (χ4n) is 3.23. The van der Waals surface area contributed by atoms with Crippen LogP contribution in [0.2, 0.25) is 0 Å². The number of hydrazine groups is 1. The molecule has 0 atom stereocenters. The second-order valence-corrected chi connectivity index (χ2v) is 7.76. The molecule has 6 heteroatoms. The van der Waals surface area contributed by atoms with Gasteiger partial charge in [-0.2, -0.15) is 0 Å². The summed E-state index contributed by atoms with van der Waals surface area (Å²) >= 11 is 0. The standard InChI is InChI=1S/C23H47N3O3/c1-4-7-8-9-10-11-12-13-14-15-19-24-25-22(27)17-18-23(28)29-21-16-20-26(5-2)6-3/h24H,4-21H2,1-3H3,(H,25,27). The average molecular weight is 414 g/mol. The van der Waals surface area contributed by atoms with Crippen LogP contribution in [0.15, 0.2) is 0 Å². The smallest absolute Gasteiger partial charge is 0.306 e. The number of ether oxygens (including phenoxy) is 1. The number of nitrogens with zero attached hydrogens (tertiary/aromatic N) is 1. The molecular weight excluding hydrogens is 366 g/mol. The van der Waals surface area contributed by atoms with Crippen LogP contribution in [0.25, 0.3) is 0 Å².